The molecule has 0 radical (unpaired) electrons. The molecular formula is C15H16FNO2S. The Morgan fingerprint density at radius 1 is 1.35 bits per heavy atom. The number of aryl methyl sites for hydroxylation is 1. The van der Waals surface area contributed by atoms with Crippen molar-refractivity contribution in [2.45, 2.75) is 12.7 Å². The molecule has 0 saturated heterocycles. The van der Waals surface area contributed by atoms with E-state index in [0.29, 0.717) is 23.6 Å². The number of benzene rings is 1. The molecule has 0 bridgehead atoms. The van der Waals surface area contributed by atoms with Gasteiger partial charge in [-0.25, -0.2) is 4.39 Å². The molecule has 1 aromatic heterocycles. The first-order chi connectivity index (χ1) is 9.68. The molecule has 5 heteroatoms. The Bertz CT molecular complexity index is 583. The number of halogens is 1. The molecule has 2 rings (SSSR count). The van der Waals surface area contributed by atoms with E-state index in [9.17, 15) is 9.18 Å². The smallest absolute Gasteiger partial charge is 0.287 e. The molecule has 3 nitrogen and oxygen atoms in total. The van der Waals surface area contributed by atoms with Crippen molar-refractivity contribution in [2.24, 2.45) is 0 Å². The number of furan rings is 1. The second-order valence-electron chi connectivity index (χ2n) is 4.33. The van der Waals surface area contributed by atoms with E-state index in [4.69, 9.17) is 4.42 Å². The van der Waals surface area contributed by atoms with E-state index in [0.717, 1.165) is 11.3 Å². The van der Waals surface area contributed by atoms with Crippen molar-refractivity contribution in [3.63, 3.8) is 0 Å². The third kappa shape index (κ3) is 3.87. The van der Waals surface area contributed by atoms with Crippen molar-refractivity contribution in [1.29, 1.82) is 0 Å². The Morgan fingerprint density at radius 3 is 2.85 bits per heavy atom. The first-order valence-electron chi connectivity index (χ1n) is 6.32. The molecule has 0 aliphatic rings. The highest BCUT2D eigenvalue weighted by Gasteiger charge is 2.11. The molecule has 0 saturated carbocycles. The van der Waals surface area contributed by atoms with Crippen molar-refractivity contribution < 1.29 is 13.6 Å². The fourth-order valence-electron chi connectivity index (χ4n) is 1.72. The van der Waals surface area contributed by atoms with Gasteiger partial charge in [-0.05, 0) is 24.6 Å². The normalized spacial score (nSPS) is 10.5. The number of thioether (sulfide) groups is 1. The maximum absolute atomic E-state index is 13.4. The molecule has 0 fully saturated rings. The van der Waals surface area contributed by atoms with Crippen LogP contribution in [0.3, 0.4) is 0 Å². The summed E-state index contributed by atoms with van der Waals surface area (Å²) >= 11 is 1.58. The zero-order valence-electron chi connectivity index (χ0n) is 11.2. The molecule has 20 heavy (non-hydrogen) atoms. The van der Waals surface area contributed by atoms with E-state index in [1.54, 1.807) is 30.0 Å². The van der Waals surface area contributed by atoms with Crippen LogP contribution in [0.25, 0.3) is 0 Å². The van der Waals surface area contributed by atoms with Crippen LogP contribution in [0, 0.1) is 12.7 Å². The predicted molar refractivity (Wildman–Crippen MR) is 78.3 cm³/mol. The van der Waals surface area contributed by atoms with Crippen molar-refractivity contribution in [3.8, 4) is 0 Å². The first-order valence-corrected chi connectivity index (χ1v) is 7.47. The highest BCUT2D eigenvalue weighted by atomic mass is 32.2. The van der Waals surface area contributed by atoms with Crippen molar-refractivity contribution in [3.05, 3.63) is 59.3 Å². The van der Waals surface area contributed by atoms with Crippen LogP contribution < -0.4 is 5.32 Å². The van der Waals surface area contributed by atoms with E-state index in [2.05, 4.69) is 5.32 Å². The second-order valence-corrected chi connectivity index (χ2v) is 5.44. The topological polar surface area (TPSA) is 42.2 Å². The standard InChI is InChI=1S/C15H16FNO2S/c1-11-6-8-19-14(11)15(18)17-7-9-20-10-12-4-2-3-5-13(12)16/h2-6,8H,7,9-10H2,1H3,(H,17,18). The lowest BCUT2D eigenvalue weighted by atomic mass is 10.2. The summed E-state index contributed by atoms with van der Waals surface area (Å²) in [7, 11) is 0. The number of hydrogen-bond acceptors (Lipinski definition) is 3. The summed E-state index contributed by atoms with van der Waals surface area (Å²) in [6.07, 6.45) is 1.50. The first kappa shape index (κ1) is 14.7. The molecule has 1 aromatic carbocycles. The van der Waals surface area contributed by atoms with E-state index in [1.165, 1.54) is 12.3 Å². The quantitative estimate of drug-likeness (QED) is 0.830. The van der Waals surface area contributed by atoms with Crippen LogP contribution >= 0.6 is 11.8 Å². The summed E-state index contributed by atoms with van der Waals surface area (Å²) in [5.41, 5.74) is 1.51. The number of nitrogens with one attached hydrogen (secondary N) is 1. The van der Waals surface area contributed by atoms with Gasteiger partial charge >= 0.3 is 0 Å². The Balaban J connectivity index is 1.69. The minimum absolute atomic E-state index is 0.185. The average Bonchev–Trinajstić information content (AvgIpc) is 2.86. The van der Waals surface area contributed by atoms with E-state index in [-0.39, 0.29) is 11.7 Å². The zero-order valence-corrected chi connectivity index (χ0v) is 12.0. The number of carbonyl (C=O) groups is 1. The minimum Gasteiger partial charge on any atom is -0.459 e. The molecule has 106 valence electrons. The largest absolute Gasteiger partial charge is 0.459 e. The van der Waals surface area contributed by atoms with Gasteiger partial charge in [0.2, 0.25) is 0 Å². The fraction of sp³-hybridized carbons (Fsp3) is 0.267. The van der Waals surface area contributed by atoms with Crippen LogP contribution in [-0.2, 0) is 5.75 Å². The van der Waals surface area contributed by atoms with Crippen molar-refractivity contribution >= 4 is 17.7 Å². The lowest BCUT2D eigenvalue weighted by molar-refractivity contribution is 0.0927. The maximum atomic E-state index is 13.4. The third-order valence-electron chi connectivity index (χ3n) is 2.82. The highest BCUT2D eigenvalue weighted by Crippen LogP contribution is 2.15. The zero-order chi connectivity index (χ0) is 14.4. The Hall–Kier alpha value is -1.75. The van der Waals surface area contributed by atoms with E-state index >= 15 is 0 Å². The SMILES string of the molecule is Cc1ccoc1C(=O)NCCSCc1ccccc1F. The molecule has 0 aliphatic heterocycles. The van der Waals surface area contributed by atoms with Crippen molar-refractivity contribution in [2.75, 3.05) is 12.3 Å². The number of rotatable bonds is 6. The van der Waals surface area contributed by atoms with Crippen LogP contribution in [-0.4, -0.2) is 18.2 Å². The summed E-state index contributed by atoms with van der Waals surface area (Å²) < 4.78 is 18.5. The van der Waals surface area contributed by atoms with Gasteiger partial charge in [-0.1, -0.05) is 18.2 Å². The van der Waals surface area contributed by atoms with E-state index < -0.39 is 0 Å². The van der Waals surface area contributed by atoms with Gasteiger partial charge in [-0.2, -0.15) is 11.8 Å². The Morgan fingerprint density at radius 2 is 2.15 bits per heavy atom. The average molecular weight is 293 g/mol. The van der Waals surface area contributed by atoms with Crippen LogP contribution in [0.15, 0.2) is 41.0 Å². The van der Waals surface area contributed by atoms with Gasteiger partial charge in [0.15, 0.2) is 5.76 Å². The molecule has 2 aromatic rings. The van der Waals surface area contributed by atoms with Crippen molar-refractivity contribution in [1.82, 2.24) is 5.32 Å². The molecule has 1 heterocycles. The van der Waals surface area contributed by atoms with Gasteiger partial charge in [0.25, 0.3) is 5.91 Å². The molecule has 0 spiro atoms. The molecular weight excluding hydrogens is 277 g/mol. The Labute approximate surface area is 121 Å². The molecule has 0 unspecified atom stereocenters. The molecule has 1 amide bonds. The lowest BCUT2D eigenvalue weighted by Gasteiger charge is -2.05. The van der Waals surface area contributed by atoms with Gasteiger partial charge in [0.05, 0.1) is 6.26 Å². The Kier molecular flexibility index (Phi) is 5.24. The number of hydrogen-bond donors (Lipinski definition) is 1. The number of carbonyl (C=O) groups excluding carboxylic acids is 1. The fourth-order valence-corrected chi connectivity index (χ4v) is 2.56. The molecule has 0 aliphatic carbocycles. The summed E-state index contributed by atoms with van der Waals surface area (Å²) in [5, 5.41) is 2.78. The summed E-state index contributed by atoms with van der Waals surface area (Å²) in [4.78, 5) is 11.7. The maximum Gasteiger partial charge on any atom is 0.287 e. The molecule has 1 N–H and O–H groups in total. The predicted octanol–water partition coefficient (Wildman–Crippen LogP) is 3.39. The summed E-state index contributed by atoms with van der Waals surface area (Å²) in [6, 6.07) is 8.47. The highest BCUT2D eigenvalue weighted by molar-refractivity contribution is 7.98. The van der Waals surface area contributed by atoms with Crippen LogP contribution in [0.4, 0.5) is 4.39 Å². The van der Waals surface area contributed by atoms with Crippen LogP contribution in [0.5, 0.6) is 0 Å². The van der Waals surface area contributed by atoms with Crippen LogP contribution in [0.1, 0.15) is 21.7 Å². The van der Waals surface area contributed by atoms with Gasteiger partial charge < -0.3 is 9.73 Å². The van der Waals surface area contributed by atoms with Gasteiger partial charge in [0.1, 0.15) is 5.82 Å². The monoisotopic (exact) mass is 293 g/mol. The van der Waals surface area contributed by atoms with E-state index in [1.807, 2.05) is 13.0 Å². The van der Waals surface area contributed by atoms with Crippen LogP contribution in [0.2, 0.25) is 0 Å². The summed E-state index contributed by atoms with van der Waals surface area (Å²) in [5.74, 6) is 1.28. The molecule has 0 atom stereocenters. The second kappa shape index (κ2) is 7.14. The van der Waals surface area contributed by atoms with Gasteiger partial charge in [0, 0.05) is 23.6 Å². The van der Waals surface area contributed by atoms with Gasteiger partial charge in [-0.15, -0.1) is 0 Å². The number of amides is 1. The summed E-state index contributed by atoms with van der Waals surface area (Å²) in [6.45, 7) is 2.35. The lowest BCUT2D eigenvalue weighted by Crippen LogP contribution is -2.25. The minimum atomic E-state index is -0.209. The third-order valence-corrected chi connectivity index (χ3v) is 3.82. The van der Waals surface area contributed by atoms with Gasteiger partial charge in [-0.3, -0.25) is 4.79 Å².